The number of hydrogen-bond acceptors (Lipinski definition) is 2. The van der Waals surface area contributed by atoms with Crippen LogP contribution in [0.3, 0.4) is 0 Å². The van der Waals surface area contributed by atoms with Crippen LogP contribution >= 0.6 is 11.6 Å². The van der Waals surface area contributed by atoms with E-state index in [2.05, 4.69) is 16.8 Å². The molecule has 0 radical (unpaired) electrons. The van der Waals surface area contributed by atoms with Crippen LogP contribution in [0.1, 0.15) is 17.5 Å². The summed E-state index contributed by atoms with van der Waals surface area (Å²) in [5.41, 5.74) is 1.78. The van der Waals surface area contributed by atoms with E-state index in [1.807, 2.05) is 6.92 Å². The summed E-state index contributed by atoms with van der Waals surface area (Å²) in [6.07, 6.45) is 2.63. The molecule has 0 aliphatic carbocycles. The molecule has 0 fully saturated rings. The van der Waals surface area contributed by atoms with Gasteiger partial charge in [0.05, 0.1) is 6.42 Å². The average Bonchev–Trinajstić information content (AvgIpc) is 2.09. The number of nitrogens with zero attached hydrogens (tertiary/aromatic N) is 1. The van der Waals surface area contributed by atoms with Crippen LogP contribution in [0.25, 0.3) is 0 Å². The number of halogens is 1. The number of pyridine rings is 1. The van der Waals surface area contributed by atoms with Crippen molar-refractivity contribution in [1.29, 1.82) is 0 Å². The van der Waals surface area contributed by atoms with E-state index in [1.54, 1.807) is 12.3 Å². The van der Waals surface area contributed by atoms with Gasteiger partial charge in [-0.2, -0.15) is 0 Å². The summed E-state index contributed by atoms with van der Waals surface area (Å²) < 4.78 is 0. The van der Waals surface area contributed by atoms with Gasteiger partial charge >= 0.3 is 0 Å². The summed E-state index contributed by atoms with van der Waals surface area (Å²) in [5.74, 6) is 5.55. The molecule has 66 valence electrons. The zero-order valence-electron chi connectivity index (χ0n) is 7.17. The van der Waals surface area contributed by atoms with Gasteiger partial charge in [0.15, 0.2) is 0 Å². The summed E-state index contributed by atoms with van der Waals surface area (Å²) in [5, 5.41) is 0.457. The Kier molecular flexibility index (Phi) is 3.48. The fourth-order valence-corrected chi connectivity index (χ4v) is 1.05. The first kappa shape index (κ1) is 9.76. The Bertz CT molecular complexity index is 376. The molecule has 0 aliphatic heterocycles. The fraction of sp³-hybridized carbons (Fsp3) is 0.200. The van der Waals surface area contributed by atoms with Gasteiger partial charge < -0.3 is 4.79 Å². The normalized spacial score (nSPS) is 8.77. The molecular weight excluding hydrogens is 186 g/mol. The third-order valence-corrected chi connectivity index (χ3v) is 1.69. The van der Waals surface area contributed by atoms with Crippen molar-refractivity contribution in [2.45, 2.75) is 13.3 Å². The highest BCUT2D eigenvalue weighted by Crippen LogP contribution is 2.10. The van der Waals surface area contributed by atoms with E-state index in [-0.39, 0.29) is 6.42 Å². The Hall–Kier alpha value is -1.33. The first-order valence-electron chi connectivity index (χ1n) is 3.78. The van der Waals surface area contributed by atoms with Crippen molar-refractivity contribution in [3.63, 3.8) is 0 Å². The molecule has 0 unspecified atom stereocenters. The quantitative estimate of drug-likeness (QED) is 0.388. The summed E-state index contributed by atoms with van der Waals surface area (Å²) >= 11 is 5.66. The molecule has 0 saturated heterocycles. The standard InChI is InChI=1S/C10H8ClNO/c1-8-6-10(11)12-7-9(8)4-2-3-5-13/h5-7H,3H2,1H3. The molecule has 1 heterocycles. The summed E-state index contributed by atoms with van der Waals surface area (Å²) in [7, 11) is 0. The van der Waals surface area contributed by atoms with E-state index >= 15 is 0 Å². The van der Waals surface area contributed by atoms with Crippen LogP contribution in [0, 0.1) is 18.8 Å². The van der Waals surface area contributed by atoms with Gasteiger partial charge in [-0.25, -0.2) is 4.98 Å². The summed E-state index contributed by atoms with van der Waals surface area (Å²) in [6.45, 7) is 1.90. The van der Waals surface area contributed by atoms with Crippen LogP contribution in [0.5, 0.6) is 0 Å². The minimum Gasteiger partial charge on any atom is -0.302 e. The predicted molar refractivity (Wildman–Crippen MR) is 51.5 cm³/mol. The lowest BCUT2D eigenvalue weighted by molar-refractivity contribution is -0.107. The van der Waals surface area contributed by atoms with Crippen LogP contribution in [0.4, 0.5) is 0 Å². The van der Waals surface area contributed by atoms with Crippen molar-refractivity contribution in [2.24, 2.45) is 0 Å². The lowest BCUT2D eigenvalue weighted by atomic mass is 10.2. The number of hydrogen-bond donors (Lipinski definition) is 0. The SMILES string of the molecule is Cc1cc(Cl)ncc1C#CCC=O. The number of rotatable bonds is 1. The smallest absolute Gasteiger partial charge is 0.131 e. The van der Waals surface area contributed by atoms with E-state index in [1.165, 1.54) is 0 Å². The molecule has 3 heteroatoms. The highest BCUT2D eigenvalue weighted by molar-refractivity contribution is 6.29. The highest BCUT2D eigenvalue weighted by atomic mass is 35.5. The summed E-state index contributed by atoms with van der Waals surface area (Å²) in [4.78, 5) is 13.9. The minimum atomic E-state index is 0.252. The third kappa shape index (κ3) is 2.89. The van der Waals surface area contributed by atoms with Gasteiger partial charge in [-0.3, -0.25) is 0 Å². The van der Waals surface area contributed by atoms with Crippen LogP contribution < -0.4 is 0 Å². The average molecular weight is 194 g/mol. The lowest BCUT2D eigenvalue weighted by Crippen LogP contribution is -1.85. The van der Waals surface area contributed by atoms with Crippen molar-refractivity contribution < 1.29 is 4.79 Å². The molecule has 13 heavy (non-hydrogen) atoms. The number of aryl methyl sites for hydroxylation is 1. The van der Waals surface area contributed by atoms with Crippen LogP contribution in [-0.2, 0) is 4.79 Å². The molecule has 0 N–H and O–H groups in total. The monoisotopic (exact) mass is 193 g/mol. The Morgan fingerprint density at radius 2 is 2.46 bits per heavy atom. The second-order valence-electron chi connectivity index (χ2n) is 2.49. The number of aldehydes is 1. The second kappa shape index (κ2) is 4.64. The maximum Gasteiger partial charge on any atom is 0.131 e. The molecule has 0 saturated carbocycles. The van der Waals surface area contributed by atoms with Gasteiger partial charge in [0.2, 0.25) is 0 Å². The summed E-state index contributed by atoms with van der Waals surface area (Å²) in [6, 6.07) is 1.74. The molecule has 0 spiro atoms. The van der Waals surface area contributed by atoms with Crippen molar-refractivity contribution in [1.82, 2.24) is 4.98 Å². The van der Waals surface area contributed by atoms with E-state index in [9.17, 15) is 4.79 Å². The molecule has 0 aliphatic rings. The molecule has 1 aromatic rings. The lowest BCUT2D eigenvalue weighted by Gasteiger charge is -1.96. The fourth-order valence-electron chi connectivity index (χ4n) is 0.840. The second-order valence-corrected chi connectivity index (χ2v) is 2.88. The van der Waals surface area contributed by atoms with Crippen molar-refractivity contribution in [3.05, 3.63) is 28.5 Å². The van der Waals surface area contributed by atoms with Gasteiger partial charge in [-0.05, 0) is 18.6 Å². The minimum absolute atomic E-state index is 0.252. The molecule has 0 aromatic carbocycles. The number of carbonyl (C=O) groups excluding carboxylic acids is 1. The molecule has 0 atom stereocenters. The zero-order chi connectivity index (χ0) is 9.68. The van der Waals surface area contributed by atoms with E-state index < -0.39 is 0 Å². The molecule has 1 rings (SSSR count). The largest absolute Gasteiger partial charge is 0.302 e. The van der Waals surface area contributed by atoms with Gasteiger partial charge in [-0.1, -0.05) is 23.4 Å². The Balaban J connectivity index is 2.91. The van der Waals surface area contributed by atoms with E-state index in [0.717, 1.165) is 17.4 Å². The highest BCUT2D eigenvalue weighted by Gasteiger charge is 1.95. The van der Waals surface area contributed by atoms with E-state index in [0.29, 0.717) is 5.15 Å². The third-order valence-electron chi connectivity index (χ3n) is 1.49. The molecule has 0 amide bonds. The van der Waals surface area contributed by atoms with Crippen molar-refractivity contribution in [3.8, 4) is 11.8 Å². The van der Waals surface area contributed by atoms with Crippen molar-refractivity contribution >= 4 is 17.9 Å². The molecule has 2 nitrogen and oxygen atoms in total. The van der Waals surface area contributed by atoms with Crippen LogP contribution in [0.2, 0.25) is 5.15 Å². The van der Waals surface area contributed by atoms with Gasteiger partial charge in [0.1, 0.15) is 11.4 Å². The topological polar surface area (TPSA) is 30.0 Å². The Labute approximate surface area is 81.9 Å². The van der Waals surface area contributed by atoms with Crippen molar-refractivity contribution in [2.75, 3.05) is 0 Å². The van der Waals surface area contributed by atoms with Crippen LogP contribution in [0.15, 0.2) is 12.3 Å². The first-order chi connectivity index (χ1) is 6.24. The maximum atomic E-state index is 9.99. The van der Waals surface area contributed by atoms with Crippen LogP contribution in [-0.4, -0.2) is 11.3 Å². The number of carbonyl (C=O) groups is 1. The van der Waals surface area contributed by atoms with Gasteiger partial charge in [0.25, 0.3) is 0 Å². The van der Waals surface area contributed by atoms with Gasteiger partial charge in [0, 0.05) is 11.8 Å². The number of aromatic nitrogens is 1. The van der Waals surface area contributed by atoms with E-state index in [4.69, 9.17) is 11.6 Å². The Morgan fingerprint density at radius 3 is 3.08 bits per heavy atom. The maximum absolute atomic E-state index is 9.99. The predicted octanol–water partition coefficient (Wildman–Crippen LogP) is 1.98. The van der Waals surface area contributed by atoms with Gasteiger partial charge in [-0.15, -0.1) is 0 Å². The zero-order valence-corrected chi connectivity index (χ0v) is 7.93. The first-order valence-corrected chi connectivity index (χ1v) is 4.16. The molecule has 1 aromatic heterocycles. The molecule has 0 bridgehead atoms. The molecular formula is C10H8ClNO. The Morgan fingerprint density at radius 1 is 1.69 bits per heavy atom.